The van der Waals surface area contributed by atoms with Crippen molar-refractivity contribution in [1.29, 1.82) is 0 Å². The summed E-state index contributed by atoms with van der Waals surface area (Å²) in [5.74, 6) is 0.283. The first-order chi connectivity index (χ1) is 14.9. The number of hydrogen-bond donors (Lipinski definition) is 1. The van der Waals surface area contributed by atoms with Crippen molar-refractivity contribution in [2.45, 2.75) is 6.42 Å². The van der Waals surface area contributed by atoms with Crippen molar-refractivity contribution in [1.82, 2.24) is 19.2 Å². The number of pyridine rings is 1. The van der Waals surface area contributed by atoms with Gasteiger partial charge in [-0.2, -0.15) is 5.10 Å². The maximum Gasteiger partial charge on any atom is 0.255 e. The molecule has 1 fully saturated rings. The molecule has 3 aromatic rings. The molecule has 9 heteroatoms. The number of carbonyl (C=O) groups is 2. The maximum atomic E-state index is 13.1. The van der Waals surface area contributed by atoms with Crippen molar-refractivity contribution in [2.24, 2.45) is 13.0 Å². The normalized spacial score (nSPS) is 15.8. The van der Waals surface area contributed by atoms with Gasteiger partial charge in [-0.25, -0.2) is 4.68 Å². The van der Waals surface area contributed by atoms with Crippen LogP contribution in [0.5, 0.6) is 5.75 Å². The number of rotatable bonds is 5. The molecule has 4 rings (SSSR count). The monoisotopic (exact) mass is 421 g/mol. The van der Waals surface area contributed by atoms with Gasteiger partial charge in [0.05, 0.1) is 30.1 Å². The van der Waals surface area contributed by atoms with Crippen molar-refractivity contribution < 1.29 is 14.3 Å². The standard InChI is InChI=1S/C22H23N5O4/c1-25-12-15(3-8-19(25)28)22(30)26-10-9-14(13-26)20(29)18-11-24-27(21(18)23)16-4-6-17(31-2)7-5-16/h3-8,11-12,14H,9-10,13,23H2,1-2H3/t14-/m0/s1. The molecule has 0 unspecified atom stereocenters. The van der Waals surface area contributed by atoms with Crippen LogP contribution >= 0.6 is 0 Å². The van der Waals surface area contributed by atoms with Crippen molar-refractivity contribution in [3.8, 4) is 11.4 Å². The Morgan fingerprint density at radius 1 is 1.16 bits per heavy atom. The van der Waals surface area contributed by atoms with Crippen molar-refractivity contribution >= 4 is 17.5 Å². The van der Waals surface area contributed by atoms with Crippen LogP contribution in [0.25, 0.3) is 5.69 Å². The Labute approximate surface area is 178 Å². The lowest BCUT2D eigenvalue weighted by molar-refractivity contribution is 0.0779. The van der Waals surface area contributed by atoms with E-state index in [2.05, 4.69) is 5.10 Å². The molecule has 2 N–H and O–H groups in total. The van der Waals surface area contributed by atoms with Gasteiger partial charge in [0.2, 0.25) is 5.56 Å². The highest BCUT2D eigenvalue weighted by Gasteiger charge is 2.33. The molecule has 1 saturated heterocycles. The van der Waals surface area contributed by atoms with Crippen LogP contribution in [0.3, 0.4) is 0 Å². The third kappa shape index (κ3) is 3.81. The Hall–Kier alpha value is -3.88. The number of Topliss-reactive ketones (excluding diaryl/α,β-unsaturated/α-hetero) is 1. The quantitative estimate of drug-likeness (QED) is 0.625. The molecule has 2 aromatic heterocycles. The van der Waals surface area contributed by atoms with Crippen LogP contribution in [0.1, 0.15) is 27.1 Å². The van der Waals surface area contributed by atoms with E-state index in [1.165, 1.54) is 33.8 Å². The third-order valence-electron chi connectivity index (χ3n) is 5.57. The number of ether oxygens (including phenoxy) is 1. The topological polar surface area (TPSA) is 112 Å². The summed E-state index contributed by atoms with van der Waals surface area (Å²) in [7, 11) is 3.18. The van der Waals surface area contributed by atoms with Gasteiger partial charge in [0.1, 0.15) is 11.6 Å². The van der Waals surface area contributed by atoms with Gasteiger partial charge in [-0.1, -0.05) is 0 Å². The average Bonchev–Trinajstić information content (AvgIpc) is 3.42. The number of likely N-dealkylation sites (tertiary alicyclic amines) is 1. The molecule has 160 valence electrons. The number of nitrogens with zero attached hydrogens (tertiary/aromatic N) is 4. The molecular formula is C22H23N5O4. The minimum atomic E-state index is -0.354. The van der Waals surface area contributed by atoms with E-state index in [-0.39, 0.29) is 29.0 Å². The Morgan fingerprint density at radius 3 is 2.58 bits per heavy atom. The average molecular weight is 421 g/mol. The largest absolute Gasteiger partial charge is 0.497 e. The SMILES string of the molecule is COc1ccc(-n2ncc(C(=O)[C@H]3CCN(C(=O)c4ccc(=O)n(C)c4)C3)c2N)cc1. The lowest BCUT2D eigenvalue weighted by Crippen LogP contribution is -2.31. The molecule has 31 heavy (non-hydrogen) atoms. The molecule has 1 amide bonds. The smallest absolute Gasteiger partial charge is 0.255 e. The molecule has 0 spiro atoms. The number of nitrogen functional groups attached to an aromatic ring is 1. The number of nitrogens with two attached hydrogens (primary N) is 1. The first-order valence-electron chi connectivity index (χ1n) is 9.87. The number of ketones is 1. The van der Waals surface area contributed by atoms with Gasteiger partial charge in [0, 0.05) is 38.3 Å². The first kappa shape index (κ1) is 20.4. The molecule has 3 heterocycles. The summed E-state index contributed by atoms with van der Waals surface area (Å²) >= 11 is 0. The number of anilines is 1. The van der Waals surface area contributed by atoms with Crippen molar-refractivity contribution in [2.75, 3.05) is 25.9 Å². The Morgan fingerprint density at radius 2 is 1.90 bits per heavy atom. The second kappa shape index (κ2) is 8.10. The number of carbonyl (C=O) groups excluding carboxylic acids is 2. The molecule has 1 aliphatic heterocycles. The van der Waals surface area contributed by atoms with E-state index >= 15 is 0 Å². The van der Waals surface area contributed by atoms with Crippen LogP contribution in [0.4, 0.5) is 5.82 Å². The van der Waals surface area contributed by atoms with E-state index in [0.717, 1.165) is 5.69 Å². The van der Waals surface area contributed by atoms with Crippen LogP contribution in [-0.2, 0) is 7.05 Å². The first-order valence-corrected chi connectivity index (χ1v) is 9.87. The predicted molar refractivity (Wildman–Crippen MR) is 115 cm³/mol. The molecular weight excluding hydrogens is 398 g/mol. The second-order valence-corrected chi connectivity index (χ2v) is 7.52. The second-order valence-electron chi connectivity index (χ2n) is 7.52. The van der Waals surface area contributed by atoms with Gasteiger partial charge in [-0.05, 0) is 36.8 Å². The number of amides is 1. The van der Waals surface area contributed by atoms with Crippen molar-refractivity contribution in [3.63, 3.8) is 0 Å². The van der Waals surface area contributed by atoms with Gasteiger partial charge in [0.25, 0.3) is 5.91 Å². The molecule has 0 bridgehead atoms. The number of methoxy groups -OCH3 is 1. The summed E-state index contributed by atoms with van der Waals surface area (Å²) in [5.41, 5.74) is 7.52. The molecule has 0 radical (unpaired) electrons. The van der Waals surface area contributed by atoms with Gasteiger partial charge in [-0.3, -0.25) is 14.4 Å². The number of aryl methyl sites for hydroxylation is 1. The molecule has 1 aliphatic rings. The zero-order chi connectivity index (χ0) is 22.1. The molecule has 9 nitrogen and oxygen atoms in total. The van der Waals surface area contributed by atoms with Crippen LogP contribution in [0, 0.1) is 5.92 Å². The van der Waals surface area contributed by atoms with Gasteiger partial charge < -0.3 is 19.9 Å². The number of hydrogen-bond acceptors (Lipinski definition) is 6. The lowest BCUT2D eigenvalue weighted by atomic mass is 9.98. The Balaban J connectivity index is 1.49. The summed E-state index contributed by atoms with van der Waals surface area (Å²) in [6.45, 7) is 0.762. The van der Waals surface area contributed by atoms with E-state index in [0.29, 0.717) is 36.4 Å². The Kier molecular flexibility index (Phi) is 5.33. The zero-order valence-electron chi connectivity index (χ0n) is 17.3. The number of aromatic nitrogens is 3. The summed E-state index contributed by atoms with van der Waals surface area (Å²) in [4.78, 5) is 39.0. The lowest BCUT2D eigenvalue weighted by Gasteiger charge is -2.16. The van der Waals surface area contributed by atoms with Crippen LogP contribution in [-0.4, -0.2) is 51.1 Å². The third-order valence-corrected chi connectivity index (χ3v) is 5.57. The van der Waals surface area contributed by atoms with E-state index in [1.807, 2.05) is 0 Å². The summed E-state index contributed by atoms with van der Waals surface area (Å²) < 4.78 is 8.03. The summed E-state index contributed by atoms with van der Waals surface area (Å²) in [5, 5.41) is 4.27. The Bertz CT molecular complexity index is 1200. The molecule has 0 aliphatic carbocycles. The van der Waals surface area contributed by atoms with Gasteiger partial charge >= 0.3 is 0 Å². The minimum Gasteiger partial charge on any atom is -0.497 e. The van der Waals surface area contributed by atoms with E-state index < -0.39 is 0 Å². The van der Waals surface area contributed by atoms with Crippen molar-refractivity contribution in [3.05, 3.63) is 70.3 Å². The van der Waals surface area contributed by atoms with Gasteiger partial charge in [-0.15, -0.1) is 0 Å². The maximum absolute atomic E-state index is 13.1. The highest BCUT2D eigenvalue weighted by Crippen LogP contribution is 2.26. The molecule has 0 saturated carbocycles. The zero-order valence-corrected chi connectivity index (χ0v) is 17.3. The summed E-state index contributed by atoms with van der Waals surface area (Å²) in [6, 6.07) is 10.1. The van der Waals surface area contributed by atoms with Crippen LogP contribution < -0.4 is 16.0 Å². The predicted octanol–water partition coefficient (Wildman–Crippen LogP) is 1.51. The van der Waals surface area contributed by atoms with Crippen LogP contribution in [0.2, 0.25) is 0 Å². The minimum absolute atomic E-state index is 0.131. The summed E-state index contributed by atoms with van der Waals surface area (Å²) in [6.07, 6.45) is 3.53. The van der Waals surface area contributed by atoms with Gasteiger partial charge in [0.15, 0.2) is 5.78 Å². The number of benzene rings is 1. The fraction of sp³-hybridized carbons (Fsp3) is 0.273. The van der Waals surface area contributed by atoms with E-state index in [9.17, 15) is 14.4 Å². The van der Waals surface area contributed by atoms with E-state index in [4.69, 9.17) is 10.5 Å². The van der Waals surface area contributed by atoms with E-state index in [1.54, 1.807) is 43.3 Å². The highest BCUT2D eigenvalue weighted by molar-refractivity contribution is 6.03. The van der Waals surface area contributed by atoms with Crippen LogP contribution in [0.15, 0.2) is 53.6 Å². The highest BCUT2D eigenvalue weighted by atomic mass is 16.5. The molecule has 1 atom stereocenters. The molecule has 1 aromatic carbocycles. The fourth-order valence-electron chi connectivity index (χ4n) is 3.76. The fourth-order valence-corrected chi connectivity index (χ4v) is 3.76.